The minimum Gasteiger partial charge on any atom is -0.352 e. The molecule has 1 N–H and O–H groups in total. The van der Waals surface area contributed by atoms with E-state index in [0.717, 1.165) is 56.8 Å². The van der Waals surface area contributed by atoms with Crippen LogP contribution in [0.4, 0.5) is 0 Å². The van der Waals surface area contributed by atoms with Crippen molar-refractivity contribution in [3.8, 4) is 0 Å². The van der Waals surface area contributed by atoms with Crippen LogP contribution in [-0.2, 0) is 17.9 Å². The van der Waals surface area contributed by atoms with Crippen LogP contribution < -0.4 is 5.32 Å². The Balaban J connectivity index is 1.17. The molecule has 174 valence electrons. The van der Waals surface area contributed by atoms with Crippen molar-refractivity contribution in [2.45, 2.75) is 71.6 Å². The first-order chi connectivity index (χ1) is 15.5. The third kappa shape index (κ3) is 5.75. The number of amides is 1. The molecule has 32 heavy (non-hydrogen) atoms. The van der Waals surface area contributed by atoms with Crippen molar-refractivity contribution < 1.29 is 4.79 Å². The molecule has 2 saturated heterocycles. The molecular weight excluding hydrogens is 400 g/mol. The number of rotatable bonds is 7. The summed E-state index contributed by atoms with van der Waals surface area (Å²) in [6.07, 6.45) is 7.94. The molecule has 7 nitrogen and oxygen atoms in total. The highest BCUT2D eigenvalue weighted by atomic mass is 16.1. The standard InChI is InChI=1S/C25H38N6O/c1-19-15-20(2)31(28-19)18-21(3)29-13-8-24(9-14-29)30-11-6-23(7-12-30)25(32)27-17-22-5-4-10-26-16-22/h4-5,10,15-16,21,23-24H,6-9,11-14,17-18H2,1-3H3,(H,27,32)/t21-/m0/s1. The summed E-state index contributed by atoms with van der Waals surface area (Å²) in [4.78, 5) is 21.9. The summed E-state index contributed by atoms with van der Waals surface area (Å²) in [5.74, 6) is 0.338. The van der Waals surface area contributed by atoms with Crippen LogP contribution >= 0.6 is 0 Å². The zero-order chi connectivity index (χ0) is 22.5. The summed E-state index contributed by atoms with van der Waals surface area (Å²) in [7, 11) is 0. The monoisotopic (exact) mass is 438 g/mol. The van der Waals surface area contributed by atoms with Gasteiger partial charge in [-0.1, -0.05) is 6.07 Å². The summed E-state index contributed by atoms with van der Waals surface area (Å²) in [5.41, 5.74) is 3.40. The SMILES string of the molecule is Cc1cc(C)n(C[C@H](C)N2CCC(N3CCC(C(=O)NCc4cccnc4)CC3)CC2)n1. The van der Waals surface area contributed by atoms with Gasteiger partial charge in [0.2, 0.25) is 5.91 Å². The minimum atomic E-state index is 0.142. The summed E-state index contributed by atoms with van der Waals surface area (Å²) >= 11 is 0. The van der Waals surface area contributed by atoms with Crippen LogP contribution in [0, 0.1) is 19.8 Å². The second-order valence-electron chi connectivity index (χ2n) is 9.61. The van der Waals surface area contributed by atoms with Gasteiger partial charge in [0.05, 0.1) is 12.2 Å². The average molecular weight is 439 g/mol. The van der Waals surface area contributed by atoms with Crippen LogP contribution in [0.5, 0.6) is 0 Å². The third-order valence-corrected chi connectivity index (χ3v) is 7.27. The molecule has 2 aromatic rings. The molecule has 2 fully saturated rings. The van der Waals surface area contributed by atoms with Gasteiger partial charge in [-0.15, -0.1) is 0 Å². The molecule has 2 aromatic heterocycles. The predicted octanol–water partition coefficient (Wildman–Crippen LogP) is 2.78. The van der Waals surface area contributed by atoms with Crippen LogP contribution in [0.2, 0.25) is 0 Å². The largest absolute Gasteiger partial charge is 0.352 e. The topological polar surface area (TPSA) is 66.3 Å². The third-order valence-electron chi connectivity index (χ3n) is 7.27. The van der Waals surface area contributed by atoms with E-state index in [4.69, 9.17) is 0 Å². The maximum atomic E-state index is 12.6. The van der Waals surface area contributed by atoms with Crippen LogP contribution in [-0.4, -0.2) is 68.7 Å². The van der Waals surface area contributed by atoms with Gasteiger partial charge in [0.1, 0.15) is 0 Å². The van der Waals surface area contributed by atoms with Gasteiger partial charge in [-0.3, -0.25) is 19.4 Å². The van der Waals surface area contributed by atoms with Gasteiger partial charge in [0.25, 0.3) is 0 Å². The number of carbonyl (C=O) groups is 1. The van der Waals surface area contributed by atoms with E-state index in [1.807, 2.05) is 18.3 Å². The lowest BCUT2D eigenvalue weighted by molar-refractivity contribution is -0.126. The molecule has 2 aliphatic heterocycles. The molecule has 4 heterocycles. The van der Waals surface area contributed by atoms with Crippen molar-refractivity contribution >= 4 is 5.91 Å². The molecule has 0 unspecified atom stereocenters. The number of piperidine rings is 2. The Kier molecular flexibility index (Phi) is 7.58. The van der Waals surface area contributed by atoms with E-state index < -0.39 is 0 Å². The Hall–Kier alpha value is -2.25. The van der Waals surface area contributed by atoms with Gasteiger partial charge in [-0.05, 0) is 90.3 Å². The predicted molar refractivity (Wildman–Crippen MR) is 126 cm³/mol. The van der Waals surface area contributed by atoms with Gasteiger partial charge in [0, 0.05) is 42.6 Å². The quantitative estimate of drug-likeness (QED) is 0.720. The van der Waals surface area contributed by atoms with E-state index in [1.165, 1.54) is 18.5 Å². The summed E-state index contributed by atoms with van der Waals surface area (Å²) < 4.78 is 2.15. The zero-order valence-corrected chi connectivity index (χ0v) is 19.8. The lowest BCUT2D eigenvalue weighted by Crippen LogP contribution is -2.51. The molecule has 1 amide bonds. The Morgan fingerprint density at radius 3 is 2.53 bits per heavy atom. The molecule has 2 aliphatic rings. The number of nitrogens with one attached hydrogen (secondary N) is 1. The lowest BCUT2D eigenvalue weighted by Gasteiger charge is -2.43. The van der Waals surface area contributed by atoms with Crippen molar-refractivity contribution in [3.05, 3.63) is 47.5 Å². The molecule has 0 spiro atoms. The lowest BCUT2D eigenvalue weighted by atomic mass is 9.92. The fourth-order valence-electron chi connectivity index (χ4n) is 5.28. The van der Waals surface area contributed by atoms with Crippen molar-refractivity contribution in [1.82, 2.24) is 29.9 Å². The summed E-state index contributed by atoms with van der Waals surface area (Å²) in [6.45, 7) is 12.4. The second kappa shape index (κ2) is 10.6. The van der Waals surface area contributed by atoms with Crippen molar-refractivity contribution in [3.63, 3.8) is 0 Å². The second-order valence-corrected chi connectivity index (χ2v) is 9.61. The minimum absolute atomic E-state index is 0.142. The van der Waals surface area contributed by atoms with Crippen LogP contribution in [0.15, 0.2) is 30.6 Å². The molecule has 0 aromatic carbocycles. The highest BCUT2D eigenvalue weighted by Crippen LogP contribution is 2.25. The van der Waals surface area contributed by atoms with E-state index in [-0.39, 0.29) is 11.8 Å². The van der Waals surface area contributed by atoms with Crippen molar-refractivity contribution in [2.75, 3.05) is 26.2 Å². The van der Waals surface area contributed by atoms with E-state index in [9.17, 15) is 4.79 Å². The first-order valence-electron chi connectivity index (χ1n) is 12.2. The van der Waals surface area contributed by atoms with Gasteiger partial charge in [-0.25, -0.2) is 0 Å². The molecule has 0 radical (unpaired) electrons. The van der Waals surface area contributed by atoms with Crippen molar-refractivity contribution in [1.29, 1.82) is 0 Å². The fourth-order valence-corrected chi connectivity index (χ4v) is 5.28. The van der Waals surface area contributed by atoms with Crippen LogP contribution in [0.1, 0.15) is 49.6 Å². The number of likely N-dealkylation sites (tertiary alicyclic amines) is 2. The number of nitrogens with zero attached hydrogens (tertiary/aromatic N) is 5. The Morgan fingerprint density at radius 2 is 1.91 bits per heavy atom. The number of pyridine rings is 1. The number of aryl methyl sites for hydroxylation is 2. The molecular formula is C25H38N6O. The molecule has 7 heteroatoms. The van der Waals surface area contributed by atoms with Gasteiger partial charge < -0.3 is 10.2 Å². The van der Waals surface area contributed by atoms with E-state index in [2.05, 4.69) is 56.7 Å². The Labute approximate surface area is 192 Å². The molecule has 1 atom stereocenters. The maximum Gasteiger partial charge on any atom is 0.223 e. The fraction of sp³-hybridized carbons (Fsp3) is 0.640. The number of hydrogen-bond donors (Lipinski definition) is 1. The van der Waals surface area contributed by atoms with Gasteiger partial charge in [-0.2, -0.15) is 5.10 Å². The van der Waals surface area contributed by atoms with Gasteiger partial charge in [0.15, 0.2) is 0 Å². The first kappa shape index (κ1) is 22.9. The smallest absolute Gasteiger partial charge is 0.223 e. The van der Waals surface area contributed by atoms with Crippen LogP contribution in [0.25, 0.3) is 0 Å². The van der Waals surface area contributed by atoms with Crippen LogP contribution in [0.3, 0.4) is 0 Å². The molecule has 0 bridgehead atoms. The van der Waals surface area contributed by atoms with E-state index in [0.29, 0.717) is 18.6 Å². The number of aromatic nitrogens is 3. The normalized spacial score (nSPS) is 20.3. The average Bonchev–Trinajstić information content (AvgIpc) is 3.14. The van der Waals surface area contributed by atoms with Gasteiger partial charge >= 0.3 is 0 Å². The number of hydrogen-bond acceptors (Lipinski definition) is 5. The molecule has 0 saturated carbocycles. The van der Waals surface area contributed by atoms with E-state index >= 15 is 0 Å². The van der Waals surface area contributed by atoms with E-state index in [1.54, 1.807) is 6.20 Å². The highest BCUT2D eigenvalue weighted by Gasteiger charge is 2.31. The molecule has 0 aliphatic carbocycles. The summed E-state index contributed by atoms with van der Waals surface area (Å²) in [6, 6.07) is 7.22. The van der Waals surface area contributed by atoms with Crippen molar-refractivity contribution in [2.24, 2.45) is 5.92 Å². The molecule has 4 rings (SSSR count). The maximum absolute atomic E-state index is 12.6. The first-order valence-corrected chi connectivity index (χ1v) is 12.2. The highest BCUT2D eigenvalue weighted by molar-refractivity contribution is 5.78. The summed E-state index contributed by atoms with van der Waals surface area (Å²) in [5, 5.41) is 7.73. The Bertz CT molecular complexity index is 866. The zero-order valence-electron chi connectivity index (χ0n) is 19.8. The Morgan fingerprint density at radius 1 is 1.16 bits per heavy atom. The number of carbonyl (C=O) groups excluding carboxylic acids is 1.